The van der Waals surface area contributed by atoms with E-state index in [4.69, 9.17) is 0 Å². The molecule has 0 bridgehead atoms. The Morgan fingerprint density at radius 1 is 1.04 bits per heavy atom. The van der Waals surface area contributed by atoms with Crippen LogP contribution in [0.1, 0.15) is 31.4 Å². The first kappa shape index (κ1) is 17.5. The van der Waals surface area contributed by atoms with Gasteiger partial charge in [0.2, 0.25) is 17.7 Å². The average Bonchev–Trinajstić information content (AvgIpc) is 2.92. The number of imide groups is 1. The van der Waals surface area contributed by atoms with Crippen LogP contribution >= 0.6 is 0 Å². The number of carbonyl (C=O) groups excluding carboxylic acids is 3. The van der Waals surface area contributed by atoms with Crippen molar-refractivity contribution in [2.75, 3.05) is 6.54 Å². The smallest absolute Gasteiger partial charge is 0.240 e. The molecule has 1 aliphatic carbocycles. The zero-order chi connectivity index (χ0) is 19.0. The first-order valence-corrected chi connectivity index (χ1v) is 9.33. The fourth-order valence-electron chi connectivity index (χ4n) is 4.16. The van der Waals surface area contributed by atoms with Crippen LogP contribution in [0.5, 0.6) is 0 Å². The van der Waals surface area contributed by atoms with E-state index < -0.39 is 0 Å². The SMILES string of the molecule is C[C@@H](NC(=O)CN1C(=O)[C@H]2CC=CC[C@H]2C1=O)c1cccc2ccccc12. The topological polar surface area (TPSA) is 66.5 Å². The summed E-state index contributed by atoms with van der Waals surface area (Å²) in [5.41, 5.74) is 1.01. The van der Waals surface area contributed by atoms with Crippen LogP contribution in [0.2, 0.25) is 0 Å². The summed E-state index contributed by atoms with van der Waals surface area (Å²) in [5, 5.41) is 5.13. The average molecular weight is 362 g/mol. The summed E-state index contributed by atoms with van der Waals surface area (Å²) in [7, 11) is 0. The molecule has 2 aliphatic rings. The highest BCUT2D eigenvalue weighted by Gasteiger charge is 2.47. The minimum absolute atomic E-state index is 0.209. The number of hydrogen-bond donors (Lipinski definition) is 1. The number of nitrogens with zero attached hydrogens (tertiary/aromatic N) is 1. The van der Waals surface area contributed by atoms with Crippen molar-refractivity contribution in [2.45, 2.75) is 25.8 Å². The Labute approximate surface area is 158 Å². The maximum Gasteiger partial charge on any atom is 0.240 e. The molecule has 1 N–H and O–H groups in total. The number of rotatable bonds is 4. The highest BCUT2D eigenvalue weighted by molar-refractivity contribution is 6.07. The number of allylic oxidation sites excluding steroid dienone is 2. The summed E-state index contributed by atoms with van der Waals surface area (Å²) in [6.45, 7) is 1.71. The van der Waals surface area contributed by atoms with Gasteiger partial charge in [-0.15, -0.1) is 0 Å². The van der Waals surface area contributed by atoms with Gasteiger partial charge in [-0.25, -0.2) is 0 Å². The minimum Gasteiger partial charge on any atom is -0.348 e. The first-order chi connectivity index (χ1) is 13.1. The molecule has 0 aromatic heterocycles. The third-order valence-corrected chi connectivity index (χ3v) is 5.57. The molecule has 5 heteroatoms. The lowest BCUT2D eigenvalue weighted by molar-refractivity contribution is -0.143. The van der Waals surface area contributed by atoms with Crippen molar-refractivity contribution in [3.05, 3.63) is 60.2 Å². The second-order valence-corrected chi connectivity index (χ2v) is 7.28. The van der Waals surface area contributed by atoms with Gasteiger partial charge in [-0.05, 0) is 36.1 Å². The number of carbonyl (C=O) groups is 3. The largest absolute Gasteiger partial charge is 0.348 e. The van der Waals surface area contributed by atoms with E-state index in [1.807, 2.05) is 61.5 Å². The standard InChI is InChI=1S/C22H22N2O3/c1-14(16-12-6-8-15-7-2-3-9-17(15)16)23-20(25)13-24-21(26)18-10-4-5-11-19(18)22(24)27/h2-9,12,14,18-19H,10-11,13H2,1H3,(H,23,25)/t14-,18-,19+/m1/s1. The molecule has 1 heterocycles. The second-order valence-electron chi connectivity index (χ2n) is 7.28. The molecule has 1 fully saturated rings. The van der Waals surface area contributed by atoms with Crippen molar-refractivity contribution in [3.63, 3.8) is 0 Å². The van der Waals surface area contributed by atoms with Crippen LogP contribution in [0.3, 0.4) is 0 Å². The van der Waals surface area contributed by atoms with Gasteiger partial charge in [0.15, 0.2) is 0 Å². The van der Waals surface area contributed by atoms with E-state index in [1.165, 1.54) is 0 Å². The molecule has 0 unspecified atom stereocenters. The molecule has 3 atom stereocenters. The lowest BCUT2D eigenvalue weighted by Crippen LogP contribution is -2.41. The number of benzene rings is 2. The van der Waals surface area contributed by atoms with E-state index in [9.17, 15) is 14.4 Å². The predicted molar refractivity (Wildman–Crippen MR) is 103 cm³/mol. The third-order valence-electron chi connectivity index (χ3n) is 5.57. The van der Waals surface area contributed by atoms with Gasteiger partial charge in [0.25, 0.3) is 0 Å². The van der Waals surface area contributed by atoms with Crippen LogP contribution in [0.25, 0.3) is 10.8 Å². The summed E-state index contributed by atoms with van der Waals surface area (Å²) in [4.78, 5) is 38.7. The fourth-order valence-corrected chi connectivity index (χ4v) is 4.16. The van der Waals surface area contributed by atoms with E-state index >= 15 is 0 Å². The quantitative estimate of drug-likeness (QED) is 0.672. The van der Waals surface area contributed by atoms with Gasteiger partial charge < -0.3 is 5.32 Å². The van der Waals surface area contributed by atoms with Crippen molar-refractivity contribution >= 4 is 28.5 Å². The molecule has 1 saturated heterocycles. The lowest BCUT2D eigenvalue weighted by Gasteiger charge is -2.19. The molecule has 1 aliphatic heterocycles. The van der Waals surface area contributed by atoms with Crippen LogP contribution in [0, 0.1) is 11.8 Å². The number of amides is 3. The first-order valence-electron chi connectivity index (χ1n) is 9.33. The Morgan fingerprint density at radius 3 is 2.37 bits per heavy atom. The summed E-state index contributed by atoms with van der Waals surface area (Å²) >= 11 is 0. The van der Waals surface area contributed by atoms with E-state index in [0.29, 0.717) is 12.8 Å². The zero-order valence-corrected chi connectivity index (χ0v) is 15.2. The normalized spacial score (nSPS) is 22.8. The van der Waals surface area contributed by atoms with E-state index in [2.05, 4.69) is 5.32 Å². The third kappa shape index (κ3) is 3.14. The number of nitrogens with one attached hydrogen (secondary N) is 1. The van der Waals surface area contributed by atoms with Crippen molar-refractivity contribution in [1.82, 2.24) is 10.2 Å². The lowest BCUT2D eigenvalue weighted by atomic mass is 9.85. The van der Waals surface area contributed by atoms with Crippen LogP contribution < -0.4 is 5.32 Å². The molecule has 2 aromatic carbocycles. The van der Waals surface area contributed by atoms with Crippen LogP contribution in [0.15, 0.2) is 54.6 Å². The monoisotopic (exact) mass is 362 g/mol. The molecule has 5 nitrogen and oxygen atoms in total. The number of fused-ring (bicyclic) bond motifs is 2. The van der Waals surface area contributed by atoms with E-state index in [1.54, 1.807) is 0 Å². The summed E-state index contributed by atoms with van der Waals surface area (Å²) in [6, 6.07) is 13.8. The molecular weight excluding hydrogens is 340 g/mol. The highest BCUT2D eigenvalue weighted by Crippen LogP contribution is 2.34. The maximum absolute atomic E-state index is 12.5. The number of hydrogen-bond acceptors (Lipinski definition) is 3. The molecule has 3 amide bonds. The van der Waals surface area contributed by atoms with Crippen LogP contribution in [-0.4, -0.2) is 29.2 Å². The molecule has 138 valence electrons. The molecule has 2 aromatic rings. The second kappa shape index (κ2) is 6.99. The Kier molecular flexibility index (Phi) is 4.52. The van der Waals surface area contributed by atoms with Gasteiger partial charge in [-0.3, -0.25) is 19.3 Å². The predicted octanol–water partition coefficient (Wildman–Crippen LogP) is 2.97. The van der Waals surface area contributed by atoms with Crippen molar-refractivity contribution in [3.8, 4) is 0 Å². The van der Waals surface area contributed by atoms with Crippen LogP contribution in [-0.2, 0) is 14.4 Å². The van der Waals surface area contributed by atoms with Gasteiger partial charge >= 0.3 is 0 Å². The molecule has 0 radical (unpaired) electrons. The van der Waals surface area contributed by atoms with Gasteiger partial charge in [0.05, 0.1) is 17.9 Å². The maximum atomic E-state index is 12.5. The Bertz CT molecular complexity index is 918. The number of likely N-dealkylation sites (tertiary alicyclic amines) is 1. The van der Waals surface area contributed by atoms with Gasteiger partial charge in [0.1, 0.15) is 6.54 Å². The van der Waals surface area contributed by atoms with E-state index in [-0.39, 0.29) is 42.1 Å². The Hall–Kier alpha value is -2.95. The fraction of sp³-hybridized carbons (Fsp3) is 0.318. The van der Waals surface area contributed by atoms with Crippen LogP contribution in [0.4, 0.5) is 0 Å². The molecule has 0 spiro atoms. The Morgan fingerprint density at radius 2 is 1.67 bits per heavy atom. The van der Waals surface area contributed by atoms with Gasteiger partial charge in [-0.2, -0.15) is 0 Å². The molecule has 0 saturated carbocycles. The zero-order valence-electron chi connectivity index (χ0n) is 15.2. The van der Waals surface area contributed by atoms with Gasteiger partial charge in [-0.1, -0.05) is 54.6 Å². The van der Waals surface area contributed by atoms with E-state index in [0.717, 1.165) is 21.2 Å². The molecule has 27 heavy (non-hydrogen) atoms. The van der Waals surface area contributed by atoms with Gasteiger partial charge in [0, 0.05) is 0 Å². The summed E-state index contributed by atoms with van der Waals surface area (Å²) in [5.74, 6) is -1.36. The molecule has 4 rings (SSSR count). The summed E-state index contributed by atoms with van der Waals surface area (Å²) < 4.78 is 0. The van der Waals surface area contributed by atoms with Crippen molar-refractivity contribution in [1.29, 1.82) is 0 Å². The van der Waals surface area contributed by atoms with Crippen molar-refractivity contribution < 1.29 is 14.4 Å². The summed E-state index contributed by atoms with van der Waals surface area (Å²) in [6.07, 6.45) is 5.05. The molecular formula is C22H22N2O3. The van der Waals surface area contributed by atoms with Crippen molar-refractivity contribution in [2.24, 2.45) is 11.8 Å². The highest BCUT2D eigenvalue weighted by atomic mass is 16.2. The Balaban J connectivity index is 1.46. The minimum atomic E-state index is -0.316.